The van der Waals surface area contributed by atoms with Crippen LogP contribution in [0.15, 0.2) is 48.5 Å². The number of rotatable bonds is 2. The monoisotopic (exact) mass is 251 g/mol. The molecule has 0 radical (unpaired) electrons. The molecule has 0 saturated carbocycles. The summed E-state index contributed by atoms with van der Waals surface area (Å²) < 4.78 is 0. The quantitative estimate of drug-likeness (QED) is 0.830. The molecule has 2 aromatic carbocycles. The Balaban J connectivity index is 1.94. The summed E-state index contributed by atoms with van der Waals surface area (Å²) in [5.41, 5.74) is 5.44. The number of nitrogens with one attached hydrogen (secondary N) is 1. The zero-order valence-electron chi connectivity index (χ0n) is 11.7. The molecule has 1 nitrogen and oxygen atoms in total. The fraction of sp³-hybridized carbons (Fsp3) is 0.333. The first-order valence-electron chi connectivity index (χ1n) is 7.16. The molecule has 1 aliphatic rings. The second-order valence-electron chi connectivity index (χ2n) is 5.64. The van der Waals surface area contributed by atoms with E-state index in [-0.39, 0.29) is 0 Å². The highest BCUT2D eigenvalue weighted by molar-refractivity contribution is 5.67. The van der Waals surface area contributed by atoms with Gasteiger partial charge in [0.1, 0.15) is 0 Å². The van der Waals surface area contributed by atoms with Crippen LogP contribution in [0, 0.1) is 6.92 Å². The minimum Gasteiger partial charge on any atom is -0.307 e. The lowest BCUT2D eigenvalue weighted by molar-refractivity contribution is 0.585. The molecule has 1 heterocycles. The van der Waals surface area contributed by atoms with E-state index in [1.54, 1.807) is 0 Å². The van der Waals surface area contributed by atoms with Crippen molar-refractivity contribution >= 4 is 0 Å². The Kier molecular flexibility index (Phi) is 3.39. The van der Waals surface area contributed by atoms with Gasteiger partial charge in [0.15, 0.2) is 0 Å². The lowest BCUT2D eigenvalue weighted by Gasteiger charge is -2.14. The molecule has 98 valence electrons. The molecule has 1 aliphatic heterocycles. The first kappa shape index (κ1) is 12.4. The minimum atomic E-state index is 0.527. The maximum absolute atomic E-state index is 3.66. The molecule has 3 rings (SSSR count). The molecule has 1 fully saturated rings. The van der Waals surface area contributed by atoms with Crippen molar-refractivity contribution in [2.75, 3.05) is 0 Å². The van der Waals surface area contributed by atoms with Gasteiger partial charge in [0.2, 0.25) is 0 Å². The van der Waals surface area contributed by atoms with Gasteiger partial charge >= 0.3 is 0 Å². The minimum absolute atomic E-state index is 0.527. The topological polar surface area (TPSA) is 12.0 Å². The van der Waals surface area contributed by atoms with Gasteiger partial charge < -0.3 is 5.32 Å². The Hall–Kier alpha value is -1.60. The Morgan fingerprint density at radius 2 is 1.84 bits per heavy atom. The molecular weight excluding hydrogens is 230 g/mol. The highest BCUT2D eigenvalue weighted by Gasteiger charge is 2.21. The smallest absolute Gasteiger partial charge is 0.0323 e. The predicted molar refractivity (Wildman–Crippen MR) is 81.2 cm³/mol. The summed E-state index contributed by atoms with van der Waals surface area (Å²) in [4.78, 5) is 0. The summed E-state index contributed by atoms with van der Waals surface area (Å²) in [6, 6.07) is 18.8. The second kappa shape index (κ2) is 5.18. The van der Waals surface area contributed by atoms with Crippen LogP contribution in [0.2, 0.25) is 0 Å². The summed E-state index contributed by atoms with van der Waals surface area (Å²) >= 11 is 0. The fourth-order valence-corrected chi connectivity index (χ4v) is 3.01. The van der Waals surface area contributed by atoms with Gasteiger partial charge in [-0.2, -0.15) is 0 Å². The maximum Gasteiger partial charge on any atom is 0.0323 e. The van der Waals surface area contributed by atoms with Gasteiger partial charge in [-0.15, -0.1) is 0 Å². The van der Waals surface area contributed by atoms with Gasteiger partial charge in [-0.25, -0.2) is 0 Å². The molecule has 19 heavy (non-hydrogen) atoms. The van der Waals surface area contributed by atoms with Gasteiger partial charge in [-0.05, 0) is 55.0 Å². The lowest BCUT2D eigenvalue weighted by Crippen LogP contribution is -2.20. The van der Waals surface area contributed by atoms with E-state index in [0.717, 1.165) is 0 Å². The SMILES string of the molecule is Cc1ccccc1-c1cccc(C2CCC(C)N2)c1. The van der Waals surface area contributed by atoms with Crippen LogP contribution in [0.5, 0.6) is 0 Å². The number of hydrogen-bond donors (Lipinski definition) is 1. The van der Waals surface area contributed by atoms with E-state index < -0.39 is 0 Å². The highest BCUT2D eigenvalue weighted by atomic mass is 15.0. The molecule has 2 atom stereocenters. The summed E-state index contributed by atoms with van der Waals surface area (Å²) in [6.45, 7) is 4.45. The Morgan fingerprint density at radius 3 is 2.58 bits per heavy atom. The maximum atomic E-state index is 3.66. The van der Waals surface area contributed by atoms with Gasteiger partial charge in [-0.1, -0.05) is 42.5 Å². The van der Waals surface area contributed by atoms with E-state index >= 15 is 0 Å². The molecule has 0 spiro atoms. The molecule has 0 bridgehead atoms. The standard InChI is InChI=1S/C18H21N/c1-13-6-3-4-9-17(13)15-7-5-8-16(12-15)18-11-10-14(2)19-18/h3-9,12,14,18-19H,10-11H2,1-2H3. The van der Waals surface area contributed by atoms with Crippen LogP contribution in [-0.4, -0.2) is 6.04 Å². The van der Waals surface area contributed by atoms with Crippen LogP contribution in [0.3, 0.4) is 0 Å². The fourth-order valence-electron chi connectivity index (χ4n) is 3.01. The third-order valence-electron chi connectivity index (χ3n) is 4.12. The number of benzene rings is 2. The van der Waals surface area contributed by atoms with Crippen molar-refractivity contribution in [3.8, 4) is 11.1 Å². The van der Waals surface area contributed by atoms with Crippen molar-refractivity contribution in [3.63, 3.8) is 0 Å². The van der Waals surface area contributed by atoms with Crippen LogP contribution in [-0.2, 0) is 0 Å². The van der Waals surface area contributed by atoms with Crippen molar-refractivity contribution < 1.29 is 0 Å². The Bertz CT molecular complexity index is 573. The summed E-state index contributed by atoms with van der Waals surface area (Å²) in [7, 11) is 0. The van der Waals surface area contributed by atoms with Crippen LogP contribution in [0.25, 0.3) is 11.1 Å². The third kappa shape index (κ3) is 2.57. The molecule has 0 aromatic heterocycles. The van der Waals surface area contributed by atoms with Crippen molar-refractivity contribution in [3.05, 3.63) is 59.7 Å². The van der Waals surface area contributed by atoms with E-state index in [4.69, 9.17) is 0 Å². The first-order chi connectivity index (χ1) is 9.24. The van der Waals surface area contributed by atoms with Crippen molar-refractivity contribution in [2.45, 2.75) is 38.8 Å². The van der Waals surface area contributed by atoms with E-state index in [0.29, 0.717) is 12.1 Å². The zero-order chi connectivity index (χ0) is 13.2. The molecule has 0 aliphatic carbocycles. The van der Waals surface area contributed by atoms with Gasteiger partial charge in [0.05, 0.1) is 0 Å². The average Bonchev–Trinajstić information content (AvgIpc) is 2.86. The Morgan fingerprint density at radius 1 is 1.00 bits per heavy atom. The molecule has 2 unspecified atom stereocenters. The first-order valence-corrected chi connectivity index (χ1v) is 7.16. The number of aryl methyl sites for hydroxylation is 1. The lowest BCUT2D eigenvalue weighted by atomic mass is 9.96. The largest absolute Gasteiger partial charge is 0.307 e. The normalized spacial score (nSPS) is 22.6. The molecule has 1 N–H and O–H groups in total. The summed E-state index contributed by atoms with van der Waals surface area (Å²) in [6.07, 6.45) is 2.53. The molecule has 2 aromatic rings. The van der Waals surface area contributed by atoms with Crippen LogP contribution < -0.4 is 5.32 Å². The predicted octanol–water partition coefficient (Wildman–Crippen LogP) is 4.48. The van der Waals surface area contributed by atoms with Gasteiger partial charge in [-0.3, -0.25) is 0 Å². The van der Waals surface area contributed by atoms with Crippen LogP contribution in [0.1, 0.15) is 36.9 Å². The van der Waals surface area contributed by atoms with Crippen LogP contribution in [0.4, 0.5) is 0 Å². The number of hydrogen-bond acceptors (Lipinski definition) is 1. The molecule has 0 amide bonds. The van der Waals surface area contributed by atoms with E-state index in [2.05, 4.69) is 67.7 Å². The highest BCUT2D eigenvalue weighted by Crippen LogP contribution is 2.30. The van der Waals surface area contributed by atoms with Crippen LogP contribution >= 0.6 is 0 Å². The summed E-state index contributed by atoms with van der Waals surface area (Å²) in [5, 5.41) is 3.66. The second-order valence-corrected chi connectivity index (χ2v) is 5.64. The molecule has 1 heteroatoms. The zero-order valence-corrected chi connectivity index (χ0v) is 11.7. The molecular formula is C18H21N. The average molecular weight is 251 g/mol. The van der Waals surface area contributed by atoms with Crippen molar-refractivity contribution in [1.29, 1.82) is 0 Å². The van der Waals surface area contributed by atoms with E-state index in [1.165, 1.54) is 35.1 Å². The van der Waals surface area contributed by atoms with E-state index in [1.807, 2.05) is 0 Å². The third-order valence-corrected chi connectivity index (χ3v) is 4.12. The van der Waals surface area contributed by atoms with Gasteiger partial charge in [0.25, 0.3) is 0 Å². The van der Waals surface area contributed by atoms with Crippen molar-refractivity contribution in [1.82, 2.24) is 5.32 Å². The Labute approximate surface area is 115 Å². The summed E-state index contributed by atoms with van der Waals surface area (Å²) in [5.74, 6) is 0. The van der Waals surface area contributed by atoms with E-state index in [9.17, 15) is 0 Å². The van der Waals surface area contributed by atoms with Gasteiger partial charge in [0, 0.05) is 12.1 Å². The van der Waals surface area contributed by atoms with Crippen molar-refractivity contribution in [2.24, 2.45) is 0 Å². The molecule has 1 saturated heterocycles.